The van der Waals surface area contributed by atoms with Crippen molar-refractivity contribution in [3.63, 3.8) is 0 Å². The van der Waals surface area contributed by atoms with Crippen LogP contribution < -0.4 is 19.5 Å². The molecular weight excluding hydrogens is 407 g/mol. The molecule has 2 aromatic rings. The van der Waals surface area contributed by atoms with Crippen LogP contribution in [0.25, 0.3) is 0 Å². The maximum atomic E-state index is 12.2. The predicted octanol–water partition coefficient (Wildman–Crippen LogP) is 3.93. The van der Waals surface area contributed by atoms with Crippen LogP contribution in [-0.2, 0) is 14.3 Å². The Kier molecular flexibility index (Phi) is 7.51. The molecule has 2 rings (SSSR count). The number of nitrogens with one attached hydrogen (secondary N) is 1. The van der Waals surface area contributed by atoms with E-state index in [0.717, 1.165) is 12.1 Å². The molecule has 0 fully saturated rings. The molecule has 0 spiro atoms. The van der Waals surface area contributed by atoms with Crippen LogP contribution in [0.1, 0.15) is 13.8 Å². The summed E-state index contributed by atoms with van der Waals surface area (Å²) in [6, 6.07) is 11.1. The van der Waals surface area contributed by atoms with Gasteiger partial charge in [-0.15, -0.1) is 13.2 Å². The summed E-state index contributed by atoms with van der Waals surface area (Å²) < 4.78 is 55.8. The Bertz CT molecular complexity index is 852. The highest BCUT2D eigenvalue weighted by Gasteiger charge is 2.31. The summed E-state index contributed by atoms with van der Waals surface area (Å²) in [6.07, 6.45) is -6.95. The fourth-order valence-corrected chi connectivity index (χ4v) is 2.21. The predicted molar refractivity (Wildman–Crippen MR) is 100 cm³/mol. The summed E-state index contributed by atoms with van der Waals surface area (Å²) in [5, 5.41) is 2.43. The van der Waals surface area contributed by atoms with Gasteiger partial charge in [0, 0.05) is 5.69 Å². The van der Waals surface area contributed by atoms with Gasteiger partial charge >= 0.3 is 12.3 Å². The Morgan fingerprint density at radius 1 is 0.867 bits per heavy atom. The van der Waals surface area contributed by atoms with E-state index in [1.54, 1.807) is 24.3 Å². The highest BCUT2D eigenvalue weighted by Crippen LogP contribution is 2.24. The van der Waals surface area contributed by atoms with Crippen molar-refractivity contribution in [1.82, 2.24) is 0 Å². The monoisotopic (exact) mass is 427 g/mol. The smallest absolute Gasteiger partial charge is 0.497 e. The van der Waals surface area contributed by atoms with Crippen molar-refractivity contribution in [3.8, 4) is 17.2 Å². The molecule has 0 aliphatic heterocycles. The van der Waals surface area contributed by atoms with Gasteiger partial charge in [0.15, 0.2) is 12.2 Å². The number of anilines is 1. The molecule has 2 aromatic carbocycles. The maximum absolute atomic E-state index is 12.2. The summed E-state index contributed by atoms with van der Waals surface area (Å²) in [5.41, 5.74) is 0.208. The summed E-state index contributed by atoms with van der Waals surface area (Å²) in [6.45, 7) is 2.82. The van der Waals surface area contributed by atoms with Gasteiger partial charge in [-0.05, 0) is 62.4 Å². The molecule has 0 saturated heterocycles. The van der Waals surface area contributed by atoms with Crippen LogP contribution in [0.3, 0.4) is 0 Å². The molecule has 162 valence electrons. The van der Waals surface area contributed by atoms with Gasteiger partial charge in [0.05, 0.1) is 7.11 Å². The van der Waals surface area contributed by atoms with E-state index in [-0.39, 0.29) is 5.69 Å². The number of rotatable bonds is 8. The summed E-state index contributed by atoms with van der Waals surface area (Å²) in [4.78, 5) is 24.3. The van der Waals surface area contributed by atoms with Crippen molar-refractivity contribution < 1.29 is 41.7 Å². The fraction of sp³-hybridized carbons (Fsp3) is 0.300. The van der Waals surface area contributed by atoms with Gasteiger partial charge in [-0.25, -0.2) is 4.79 Å². The molecule has 0 aliphatic rings. The number of hydrogen-bond acceptors (Lipinski definition) is 6. The molecule has 0 heterocycles. The lowest BCUT2D eigenvalue weighted by atomic mass is 10.3. The van der Waals surface area contributed by atoms with Gasteiger partial charge < -0.3 is 24.3 Å². The Balaban J connectivity index is 1.85. The molecule has 2 atom stereocenters. The number of carbonyl (C=O) groups is 2. The molecule has 0 aromatic heterocycles. The van der Waals surface area contributed by atoms with Gasteiger partial charge in [-0.2, -0.15) is 0 Å². The molecule has 0 saturated carbocycles. The molecule has 10 heteroatoms. The Morgan fingerprint density at radius 3 is 1.93 bits per heavy atom. The van der Waals surface area contributed by atoms with Crippen molar-refractivity contribution in [2.75, 3.05) is 12.4 Å². The number of methoxy groups -OCH3 is 1. The number of ether oxygens (including phenoxy) is 4. The minimum Gasteiger partial charge on any atom is -0.497 e. The van der Waals surface area contributed by atoms with Crippen molar-refractivity contribution in [2.45, 2.75) is 32.4 Å². The van der Waals surface area contributed by atoms with Gasteiger partial charge in [-0.1, -0.05) is 0 Å². The summed E-state index contributed by atoms with van der Waals surface area (Å²) in [5.74, 6) is -0.809. The number of benzene rings is 2. The largest absolute Gasteiger partial charge is 0.573 e. The van der Waals surface area contributed by atoms with Crippen LogP contribution in [0, 0.1) is 0 Å². The zero-order chi connectivity index (χ0) is 22.3. The third-order valence-corrected chi connectivity index (χ3v) is 3.72. The quantitative estimate of drug-likeness (QED) is 0.643. The van der Waals surface area contributed by atoms with E-state index in [2.05, 4.69) is 10.1 Å². The SMILES string of the molecule is COc1ccc(OC(C)C(=O)OC(C)C(=O)Nc2ccc(OC(F)(F)F)cc2)cc1. The third kappa shape index (κ3) is 7.19. The van der Waals surface area contributed by atoms with Crippen LogP contribution in [0.4, 0.5) is 18.9 Å². The van der Waals surface area contributed by atoms with E-state index in [0.29, 0.717) is 11.5 Å². The lowest BCUT2D eigenvalue weighted by molar-refractivity contribution is -0.274. The number of hydrogen-bond donors (Lipinski definition) is 1. The first-order valence-corrected chi connectivity index (χ1v) is 8.75. The standard InChI is InChI=1S/C20H20F3NO6/c1-12(18(25)24-14-4-6-17(7-5-14)30-20(21,22)23)29-19(26)13(2)28-16-10-8-15(27-3)9-11-16/h4-13H,1-3H3,(H,24,25). The average molecular weight is 427 g/mol. The zero-order valence-electron chi connectivity index (χ0n) is 16.4. The fourth-order valence-electron chi connectivity index (χ4n) is 2.21. The van der Waals surface area contributed by atoms with Crippen LogP contribution in [0.15, 0.2) is 48.5 Å². The highest BCUT2D eigenvalue weighted by atomic mass is 19.4. The van der Waals surface area contributed by atoms with Gasteiger partial charge in [-0.3, -0.25) is 4.79 Å². The first kappa shape index (κ1) is 22.9. The first-order valence-electron chi connectivity index (χ1n) is 8.75. The number of halogens is 3. The molecule has 2 unspecified atom stereocenters. The van der Waals surface area contributed by atoms with E-state index >= 15 is 0 Å². The Hall–Kier alpha value is -3.43. The topological polar surface area (TPSA) is 83.1 Å². The van der Waals surface area contributed by atoms with Crippen LogP contribution in [-0.4, -0.2) is 37.6 Å². The lowest BCUT2D eigenvalue weighted by Crippen LogP contribution is -2.35. The normalized spacial score (nSPS) is 13.0. The van der Waals surface area contributed by atoms with E-state index in [9.17, 15) is 22.8 Å². The lowest BCUT2D eigenvalue weighted by Gasteiger charge is -2.18. The maximum Gasteiger partial charge on any atom is 0.573 e. The molecule has 1 amide bonds. The second-order valence-electron chi connectivity index (χ2n) is 6.08. The van der Waals surface area contributed by atoms with E-state index in [1.807, 2.05) is 0 Å². The van der Waals surface area contributed by atoms with E-state index < -0.39 is 36.2 Å². The minimum absolute atomic E-state index is 0.208. The number of carbonyl (C=O) groups excluding carboxylic acids is 2. The highest BCUT2D eigenvalue weighted by molar-refractivity contribution is 5.95. The van der Waals surface area contributed by atoms with Crippen LogP contribution in [0.5, 0.6) is 17.2 Å². The van der Waals surface area contributed by atoms with Crippen molar-refractivity contribution in [3.05, 3.63) is 48.5 Å². The minimum atomic E-state index is -4.81. The molecule has 0 aliphatic carbocycles. The summed E-state index contributed by atoms with van der Waals surface area (Å²) in [7, 11) is 1.52. The third-order valence-electron chi connectivity index (χ3n) is 3.72. The van der Waals surface area contributed by atoms with E-state index in [4.69, 9.17) is 14.2 Å². The van der Waals surface area contributed by atoms with Gasteiger partial charge in [0.25, 0.3) is 5.91 Å². The van der Waals surface area contributed by atoms with Crippen molar-refractivity contribution in [1.29, 1.82) is 0 Å². The molecule has 30 heavy (non-hydrogen) atoms. The Morgan fingerprint density at radius 2 is 1.40 bits per heavy atom. The van der Waals surface area contributed by atoms with E-state index in [1.165, 1.54) is 33.1 Å². The van der Waals surface area contributed by atoms with Crippen LogP contribution >= 0.6 is 0 Å². The molecule has 0 radical (unpaired) electrons. The number of amides is 1. The van der Waals surface area contributed by atoms with Crippen molar-refractivity contribution >= 4 is 17.6 Å². The van der Waals surface area contributed by atoms with Gasteiger partial charge in [0.1, 0.15) is 17.2 Å². The molecular formula is C20H20F3NO6. The summed E-state index contributed by atoms with van der Waals surface area (Å²) >= 11 is 0. The molecule has 1 N–H and O–H groups in total. The first-order chi connectivity index (χ1) is 14.1. The van der Waals surface area contributed by atoms with Gasteiger partial charge in [0.2, 0.25) is 0 Å². The zero-order valence-corrected chi connectivity index (χ0v) is 16.4. The Labute approximate surface area is 170 Å². The van der Waals surface area contributed by atoms with Crippen LogP contribution in [0.2, 0.25) is 0 Å². The molecule has 7 nitrogen and oxygen atoms in total. The second kappa shape index (κ2) is 9.86. The second-order valence-corrected chi connectivity index (χ2v) is 6.08. The molecule has 0 bridgehead atoms. The number of alkyl halides is 3. The van der Waals surface area contributed by atoms with Crippen molar-refractivity contribution in [2.24, 2.45) is 0 Å². The average Bonchev–Trinajstić information content (AvgIpc) is 2.68. The number of esters is 1.